The van der Waals surface area contributed by atoms with Crippen LogP contribution >= 0.6 is 0 Å². The van der Waals surface area contributed by atoms with Crippen molar-refractivity contribution in [3.05, 3.63) is 120 Å². The molecule has 0 fully saturated rings. The highest BCUT2D eigenvalue weighted by atomic mass is 16.5. The molecule has 1 heterocycles. The minimum atomic E-state index is -1.26. The van der Waals surface area contributed by atoms with Gasteiger partial charge >= 0.3 is 0 Å². The first-order valence-electron chi connectivity index (χ1n) is 10.9. The first-order valence-corrected chi connectivity index (χ1v) is 10.9. The van der Waals surface area contributed by atoms with Gasteiger partial charge in [0.25, 0.3) is 0 Å². The summed E-state index contributed by atoms with van der Waals surface area (Å²) < 4.78 is 17.3. The highest BCUT2D eigenvalue weighted by Crippen LogP contribution is 2.44. The molecular weight excluding hydrogens is 426 g/mol. The zero-order valence-corrected chi connectivity index (χ0v) is 18.9. The molecular formula is C29H23NO4. The minimum absolute atomic E-state index is 0.0917. The maximum Gasteiger partial charge on any atom is 0.218 e. The molecule has 5 rings (SSSR count). The largest absolute Gasteiger partial charge is 0.493 e. The molecule has 0 bridgehead atoms. The Morgan fingerprint density at radius 1 is 0.676 bits per heavy atom. The van der Waals surface area contributed by atoms with Gasteiger partial charge < -0.3 is 14.2 Å². The summed E-state index contributed by atoms with van der Waals surface area (Å²) in [6.45, 7) is 0. The molecule has 0 atom stereocenters. The number of benzene rings is 4. The van der Waals surface area contributed by atoms with Crippen LogP contribution in [0.3, 0.4) is 0 Å². The monoisotopic (exact) mass is 449 g/mol. The average molecular weight is 450 g/mol. The summed E-state index contributed by atoms with van der Waals surface area (Å²) >= 11 is 0. The van der Waals surface area contributed by atoms with Gasteiger partial charge in [0, 0.05) is 11.6 Å². The molecule has 5 nitrogen and oxygen atoms in total. The zero-order chi connectivity index (χ0) is 23.5. The molecule has 0 spiro atoms. The fraction of sp³-hybridized carbons (Fsp3) is 0.103. The van der Waals surface area contributed by atoms with Gasteiger partial charge in [-0.2, -0.15) is 0 Å². The third kappa shape index (κ3) is 3.42. The van der Waals surface area contributed by atoms with Crippen molar-refractivity contribution >= 4 is 17.4 Å². The summed E-state index contributed by atoms with van der Waals surface area (Å²) in [5.74, 6) is 1.78. The van der Waals surface area contributed by atoms with Gasteiger partial charge in [-0.1, -0.05) is 72.8 Å². The molecule has 5 heteroatoms. The zero-order valence-electron chi connectivity index (χ0n) is 18.9. The van der Waals surface area contributed by atoms with Crippen LogP contribution < -0.4 is 14.2 Å². The molecule has 168 valence electrons. The third-order valence-corrected chi connectivity index (χ3v) is 6.02. The topological polar surface area (TPSA) is 57.1 Å². The second kappa shape index (κ2) is 8.87. The molecule has 0 amide bonds. The van der Waals surface area contributed by atoms with E-state index in [1.807, 2.05) is 84.9 Å². The van der Waals surface area contributed by atoms with E-state index in [-0.39, 0.29) is 11.7 Å². The summed E-state index contributed by atoms with van der Waals surface area (Å²) in [6.07, 6.45) is 0. The first-order chi connectivity index (χ1) is 16.7. The molecule has 0 N–H and O–H groups in total. The van der Waals surface area contributed by atoms with Gasteiger partial charge in [-0.3, -0.25) is 4.79 Å². The minimum Gasteiger partial charge on any atom is -0.493 e. The van der Waals surface area contributed by atoms with Crippen LogP contribution in [-0.2, 0) is 5.41 Å². The number of aliphatic imine (C=N–C) groups is 1. The first kappa shape index (κ1) is 21.5. The van der Waals surface area contributed by atoms with Crippen molar-refractivity contribution in [2.45, 2.75) is 5.41 Å². The van der Waals surface area contributed by atoms with Gasteiger partial charge in [0.05, 0.1) is 19.9 Å². The molecule has 0 aromatic heterocycles. The standard InChI is InChI=1S/C29H23NO4/c1-32-25-18-17-22(19-26(25)33-2)34-28-29(20-11-5-3-6-12-20,21-13-7-4-8-14-21)27(31)23-15-9-10-16-24(23)30-28/h3-19H,1-2H3. The Morgan fingerprint density at radius 2 is 1.26 bits per heavy atom. The number of carbonyl (C=O) groups excluding carboxylic acids is 1. The van der Waals surface area contributed by atoms with E-state index in [1.165, 1.54) is 0 Å². The number of ketones is 1. The summed E-state index contributed by atoms with van der Waals surface area (Å²) in [6, 6.07) is 31.9. The second-order valence-electron chi connectivity index (χ2n) is 7.86. The quantitative estimate of drug-likeness (QED) is 0.375. The van der Waals surface area contributed by atoms with Gasteiger partial charge in [0.1, 0.15) is 5.75 Å². The molecule has 4 aromatic carbocycles. The molecule has 34 heavy (non-hydrogen) atoms. The van der Waals surface area contributed by atoms with Crippen molar-refractivity contribution in [3.8, 4) is 17.2 Å². The van der Waals surface area contributed by atoms with Crippen molar-refractivity contribution in [1.29, 1.82) is 0 Å². The lowest BCUT2D eigenvalue weighted by atomic mass is 9.67. The number of nitrogens with zero attached hydrogens (tertiary/aromatic N) is 1. The average Bonchev–Trinajstić information content (AvgIpc) is 2.90. The molecule has 1 aliphatic heterocycles. The van der Waals surface area contributed by atoms with Crippen LogP contribution in [0.4, 0.5) is 5.69 Å². The summed E-state index contributed by atoms with van der Waals surface area (Å²) in [4.78, 5) is 19.3. The smallest absolute Gasteiger partial charge is 0.218 e. The van der Waals surface area contributed by atoms with Crippen LogP contribution in [0.1, 0.15) is 21.5 Å². The number of hydrogen-bond donors (Lipinski definition) is 0. The number of methoxy groups -OCH3 is 2. The van der Waals surface area contributed by atoms with E-state index in [0.29, 0.717) is 28.5 Å². The Morgan fingerprint density at radius 3 is 1.88 bits per heavy atom. The Bertz CT molecular complexity index is 1320. The van der Waals surface area contributed by atoms with Crippen molar-refractivity contribution < 1.29 is 19.0 Å². The van der Waals surface area contributed by atoms with Crippen LogP contribution in [0.2, 0.25) is 0 Å². The molecule has 0 aliphatic carbocycles. The van der Waals surface area contributed by atoms with Gasteiger partial charge in [0.15, 0.2) is 22.7 Å². The van der Waals surface area contributed by atoms with Crippen LogP contribution in [0.25, 0.3) is 0 Å². The Hall–Kier alpha value is -4.38. The van der Waals surface area contributed by atoms with Crippen molar-refractivity contribution in [2.24, 2.45) is 4.99 Å². The highest BCUT2D eigenvalue weighted by Gasteiger charge is 2.51. The molecule has 4 aromatic rings. The molecule has 0 unspecified atom stereocenters. The van der Waals surface area contributed by atoms with Crippen LogP contribution in [0.15, 0.2) is 108 Å². The molecule has 1 aliphatic rings. The molecule has 0 radical (unpaired) electrons. The van der Waals surface area contributed by atoms with Gasteiger partial charge in [0.2, 0.25) is 5.90 Å². The number of rotatable bonds is 5. The number of para-hydroxylation sites is 1. The normalized spacial score (nSPS) is 14.1. The van der Waals surface area contributed by atoms with Crippen LogP contribution in [0.5, 0.6) is 17.2 Å². The maximum absolute atomic E-state index is 14.4. The number of ether oxygens (including phenoxy) is 3. The number of carbonyl (C=O) groups is 1. The summed E-state index contributed by atoms with van der Waals surface area (Å²) in [7, 11) is 3.15. The van der Waals surface area contributed by atoms with Gasteiger partial charge in [-0.15, -0.1) is 0 Å². The molecule has 0 saturated carbocycles. The van der Waals surface area contributed by atoms with E-state index in [4.69, 9.17) is 19.2 Å². The van der Waals surface area contributed by atoms with Crippen LogP contribution in [-0.4, -0.2) is 25.9 Å². The van der Waals surface area contributed by atoms with E-state index < -0.39 is 5.41 Å². The van der Waals surface area contributed by atoms with E-state index in [9.17, 15) is 4.79 Å². The third-order valence-electron chi connectivity index (χ3n) is 6.02. The van der Waals surface area contributed by atoms with Crippen molar-refractivity contribution in [1.82, 2.24) is 0 Å². The second-order valence-corrected chi connectivity index (χ2v) is 7.86. The number of hydrogen-bond acceptors (Lipinski definition) is 5. The Labute approximate surface area is 198 Å². The van der Waals surface area contributed by atoms with Crippen molar-refractivity contribution in [2.75, 3.05) is 14.2 Å². The fourth-order valence-corrected chi connectivity index (χ4v) is 4.40. The SMILES string of the molecule is COc1ccc(OC2=Nc3ccccc3C(=O)C2(c2ccccc2)c2ccccc2)cc1OC. The predicted octanol–water partition coefficient (Wildman–Crippen LogP) is 6.00. The van der Waals surface area contributed by atoms with Crippen molar-refractivity contribution in [3.63, 3.8) is 0 Å². The number of Topliss-reactive ketones (excluding diaryl/α,β-unsaturated/α-hetero) is 1. The van der Waals surface area contributed by atoms with E-state index in [2.05, 4.69) is 0 Å². The lowest BCUT2D eigenvalue weighted by molar-refractivity contribution is 0.0939. The Balaban J connectivity index is 1.77. The lowest BCUT2D eigenvalue weighted by Crippen LogP contribution is -2.49. The molecule has 0 saturated heterocycles. The fourth-order valence-electron chi connectivity index (χ4n) is 4.40. The summed E-state index contributed by atoms with van der Waals surface area (Å²) in [5, 5.41) is 0. The van der Waals surface area contributed by atoms with E-state index >= 15 is 0 Å². The summed E-state index contributed by atoms with van der Waals surface area (Å²) in [5.41, 5.74) is 1.42. The lowest BCUT2D eigenvalue weighted by Gasteiger charge is -2.37. The van der Waals surface area contributed by atoms with Crippen LogP contribution in [0, 0.1) is 0 Å². The number of fused-ring (bicyclic) bond motifs is 1. The van der Waals surface area contributed by atoms with E-state index in [1.54, 1.807) is 32.4 Å². The van der Waals surface area contributed by atoms with Gasteiger partial charge in [-0.05, 0) is 35.4 Å². The Kier molecular flexibility index (Phi) is 5.60. The van der Waals surface area contributed by atoms with Gasteiger partial charge in [-0.25, -0.2) is 4.99 Å². The highest BCUT2D eigenvalue weighted by molar-refractivity contribution is 6.26. The predicted molar refractivity (Wildman–Crippen MR) is 132 cm³/mol. The van der Waals surface area contributed by atoms with E-state index in [0.717, 1.165) is 11.1 Å². The maximum atomic E-state index is 14.4.